The van der Waals surface area contributed by atoms with E-state index in [1.54, 1.807) is 12.1 Å². The van der Waals surface area contributed by atoms with E-state index in [2.05, 4.69) is 21.2 Å². The van der Waals surface area contributed by atoms with E-state index < -0.39 is 44.8 Å². The fourth-order valence-electron chi connectivity index (χ4n) is 3.88. The van der Waals surface area contributed by atoms with E-state index in [1.807, 2.05) is 39.0 Å². The molecular formula is C20H23BrN2O5S. The molecule has 2 amide bonds. The predicted octanol–water partition coefficient (Wildman–Crippen LogP) is 1.79. The molecule has 156 valence electrons. The Labute approximate surface area is 180 Å². The Balaban J connectivity index is 1.90. The molecule has 1 fully saturated rings. The van der Waals surface area contributed by atoms with Gasteiger partial charge in [-0.25, -0.2) is 4.79 Å². The number of hydrogen-bond acceptors (Lipinski definition) is 4. The summed E-state index contributed by atoms with van der Waals surface area (Å²) in [7, 11) is -1.58. The van der Waals surface area contributed by atoms with Gasteiger partial charge < -0.3 is 10.4 Å². The molecule has 4 atom stereocenters. The lowest BCUT2D eigenvalue weighted by atomic mass is 9.85. The second-order valence-electron chi connectivity index (χ2n) is 8.19. The minimum Gasteiger partial charge on any atom is -0.477 e. The van der Waals surface area contributed by atoms with Crippen molar-refractivity contribution in [2.75, 3.05) is 5.33 Å². The van der Waals surface area contributed by atoms with Crippen LogP contribution in [-0.4, -0.2) is 54.0 Å². The molecule has 7 nitrogen and oxygen atoms in total. The number of aliphatic carboxylic acids is 1. The molecule has 2 N–H and O–H groups in total. The molecule has 2 aliphatic rings. The lowest BCUT2D eigenvalue weighted by Gasteiger charge is -2.52. The van der Waals surface area contributed by atoms with Crippen molar-refractivity contribution in [3.8, 4) is 0 Å². The van der Waals surface area contributed by atoms with Crippen LogP contribution in [0, 0.1) is 5.41 Å². The van der Waals surface area contributed by atoms with Gasteiger partial charge in [0.2, 0.25) is 5.91 Å². The van der Waals surface area contributed by atoms with E-state index in [-0.39, 0.29) is 23.4 Å². The number of β-lactam (4-membered cyclic amide) rings is 1. The van der Waals surface area contributed by atoms with Gasteiger partial charge in [0.1, 0.15) is 17.1 Å². The third-order valence-corrected chi connectivity index (χ3v) is 8.05. The summed E-state index contributed by atoms with van der Waals surface area (Å²) >= 11 is 3.30. The molecule has 2 heterocycles. The van der Waals surface area contributed by atoms with Crippen LogP contribution < -0.4 is 5.32 Å². The van der Waals surface area contributed by atoms with E-state index in [0.717, 1.165) is 10.5 Å². The van der Waals surface area contributed by atoms with E-state index in [4.69, 9.17) is 0 Å². The Morgan fingerprint density at radius 1 is 1.24 bits per heavy atom. The zero-order chi connectivity index (χ0) is 21.5. The van der Waals surface area contributed by atoms with Crippen LogP contribution in [0.15, 0.2) is 41.6 Å². The van der Waals surface area contributed by atoms with E-state index in [9.17, 15) is 23.7 Å². The number of carbonyl (C=O) groups is 3. The first-order valence-corrected chi connectivity index (χ1v) is 11.6. The standard InChI is InChI=1S/C20H23BrN2O5S/c1-20(2,3)16-12(10-21)15(19(26)27)23-17(25)14(18(23)29(16)28)22-13(24)9-11-7-5-4-6-8-11/h4-8,14,16,18H,9-10H2,1-3H3,(H,22,24)(H,26,27)/t14?,16?,18-,29?/m1/s1. The van der Waals surface area contributed by atoms with Crippen LogP contribution in [0.25, 0.3) is 0 Å². The molecule has 1 aromatic rings. The summed E-state index contributed by atoms with van der Waals surface area (Å²) in [6.07, 6.45) is 0.0843. The van der Waals surface area contributed by atoms with Gasteiger partial charge >= 0.3 is 5.97 Å². The third kappa shape index (κ3) is 3.90. The molecule has 1 aromatic carbocycles. The normalized spacial score (nSPS) is 26.6. The SMILES string of the molecule is CC(C)(C)C1C(CBr)=C(C(=O)O)N2C(=O)C(NC(=O)Cc3ccccc3)[C@H]2S1=O. The zero-order valence-electron chi connectivity index (χ0n) is 16.3. The molecule has 29 heavy (non-hydrogen) atoms. The largest absolute Gasteiger partial charge is 0.477 e. The van der Waals surface area contributed by atoms with Crippen molar-refractivity contribution < 1.29 is 23.7 Å². The van der Waals surface area contributed by atoms with Gasteiger partial charge in [0.15, 0.2) is 0 Å². The maximum absolute atomic E-state index is 13.4. The quantitative estimate of drug-likeness (QED) is 0.491. The Morgan fingerprint density at radius 3 is 2.38 bits per heavy atom. The van der Waals surface area contributed by atoms with Crippen molar-refractivity contribution in [2.45, 2.75) is 43.9 Å². The summed E-state index contributed by atoms with van der Waals surface area (Å²) in [5.74, 6) is -2.16. The van der Waals surface area contributed by atoms with Crippen LogP contribution >= 0.6 is 15.9 Å². The van der Waals surface area contributed by atoms with E-state index in [1.165, 1.54) is 0 Å². The molecule has 0 bridgehead atoms. The number of alkyl halides is 1. The predicted molar refractivity (Wildman–Crippen MR) is 113 cm³/mol. The summed E-state index contributed by atoms with van der Waals surface area (Å²) in [6, 6.07) is 8.08. The molecular weight excluding hydrogens is 460 g/mol. The topological polar surface area (TPSA) is 104 Å². The van der Waals surface area contributed by atoms with Crippen molar-refractivity contribution in [2.24, 2.45) is 5.41 Å². The maximum Gasteiger partial charge on any atom is 0.352 e. The molecule has 0 spiro atoms. The molecule has 9 heteroatoms. The van der Waals surface area contributed by atoms with Gasteiger partial charge in [-0.15, -0.1) is 0 Å². The Morgan fingerprint density at radius 2 is 1.86 bits per heavy atom. The Kier molecular flexibility index (Phi) is 6.01. The number of amides is 2. The van der Waals surface area contributed by atoms with Gasteiger partial charge in [-0.2, -0.15) is 0 Å². The van der Waals surface area contributed by atoms with Crippen LogP contribution in [0.1, 0.15) is 26.3 Å². The lowest BCUT2D eigenvalue weighted by molar-refractivity contribution is -0.151. The van der Waals surface area contributed by atoms with Crippen LogP contribution in [0.2, 0.25) is 0 Å². The molecule has 0 saturated carbocycles. The van der Waals surface area contributed by atoms with Gasteiger partial charge in [0.25, 0.3) is 5.91 Å². The number of hydrogen-bond donors (Lipinski definition) is 2. The van der Waals surface area contributed by atoms with Crippen molar-refractivity contribution in [3.05, 3.63) is 47.2 Å². The first kappa shape index (κ1) is 21.7. The number of benzene rings is 1. The molecule has 0 aromatic heterocycles. The van der Waals surface area contributed by atoms with E-state index in [0.29, 0.717) is 5.57 Å². The number of nitrogens with zero attached hydrogens (tertiary/aromatic N) is 1. The van der Waals surface area contributed by atoms with Gasteiger partial charge in [0.05, 0.1) is 22.5 Å². The van der Waals surface area contributed by atoms with Crippen molar-refractivity contribution in [3.63, 3.8) is 0 Å². The molecule has 0 radical (unpaired) electrons. The smallest absolute Gasteiger partial charge is 0.352 e. The van der Waals surface area contributed by atoms with Crippen LogP contribution in [0.5, 0.6) is 0 Å². The molecule has 3 unspecified atom stereocenters. The fourth-order valence-corrected chi connectivity index (χ4v) is 7.01. The summed E-state index contributed by atoms with van der Waals surface area (Å²) in [5, 5.41) is 11.2. The Hall–Kier alpha value is -2.00. The molecule has 1 saturated heterocycles. The molecule has 3 rings (SSSR count). The highest BCUT2D eigenvalue weighted by molar-refractivity contribution is 9.09. The second kappa shape index (κ2) is 8.02. The number of carbonyl (C=O) groups excluding carboxylic acids is 2. The highest BCUT2D eigenvalue weighted by atomic mass is 79.9. The number of carboxylic acids is 1. The molecule has 2 aliphatic heterocycles. The summed E-state index contributed by atoms with van der Waals surface area (Å²) in [4.78, 5) is 38.2. The van der Waals surface area contributed by atoms with Crippen molar-refractivity contribution in [1.82, 2.24) is 10.2 Å². The average Bonchev–Trinajstić information content (AvgIpc) is 2.64. The first-order chi connectivity index (χ1) is 13.6. The maximum atomic E-state index is 13.4. The van der Waals surface area contributed by atoms with Crippen LogP contribution in [0.4, 0.5) is 0 Å². The Bertz CT molecular complexity index is 909. The summed E-state index contributed by atoms with van der Waals surface area (Å²) in [6.45, 7) is 5.66. The molecule has 0 aliphatic carbocycles. The number of halogens is 1. The fraction of sp³-hybridized carbons (Fsp3) is 0.450. The van der Waals surface area contributed by atoms with Crippen LogP contribution in [-0.2, 0) is 31.6 Å². The minimum absolute atomic E-state index is 0.0843. The van der Waals surface area contributed by atoms with Gasteiger partial charge in [-0.1, -0.05) is 67.0 Å². The highest BCUT2D eigenvalue weighted by Gasteiger charge is 2.60. The average molecular weight is 483 g/mol. The number of nitrogens with one attached hydrogen (secondary N) is 1. The van der Waals surface area contributed by atoms with Crippen LogP contribution in [0.3, 0.4) is 0 Å². The number of carboxylic acid groups (broad SMARTS) is 1. The second-order valence-corrected chi connectivity index (χ2v) is 10.4. The van der Waals surface area contributed by atoms with E-state index >= 15 is 0 Å². The summed E-state index contributed by atoms with van der Waals surface area (Å²) < 4.78 is 13.4. The van der Waals surface area contributed by atoms with Gasteiger partial charge in [0, 0.05) is 5.33 Å². The number of rotatable bonds is 5. The third-order valence-electron chi connectivity index (χ3n) is 5.03. The van der Waals surface area contributed by atoms with Crippen molar-refractivity contribution >= 4 is 44.5 Å². The first-order valence-electron chi connectivity index (χ1n) is 9.16. The van der Waals surface area contributed by atoms with Gasteiger partial charge in [-0.3, -0.25) is 18.7 Å². The minimum atomic E-state index is -1.58. The number of fused-ring (bicyclic) bond motifs is 1. The highest BCUT2D eigenvalue weighted by Crippen LogP contribution is 2.44. The monoisotopic (exact) mass is 482 g/mol. The lowest BCUT2D eigenvalue weighted by Crippen LogP contribution is -2.75. The summed E-state index contributed by atoms with van der Waals surface area (Å²) in [5.41, 5.74) is 0.600. The zero-order valence-corrected chi connectivity index (χ0v) is 18.7. The van der Waals surface area contributed by atoms with Crippen molar-refractivity contribution in [1.29, 1.82) is 0 Å². The van der Waals surface area contributed by atoms with Gasteiger partial charge in [-0.05, 0) is 16.6 Å².